The summed E-state index contributed by atoms with van der Waals surface area (Å²) in [7, 11) is 0. The highest BCUT2D eigenvalue weighted by atomic mass is 32.2. The van der Waals surface area contributed by atoms with Crippen molar-refractivity contribution in [2.24, 2.45) is 17.6 Å². The summed E-state index contributed by atoms with van der Waals surface area (Å²) in [5.74, 6) is -0.289. The molecule has 5 nitrogen and oxygen atoms in total. The number of amides is 2. The summed E-state index contributed by atoms with van der Waals surface area (Å²) in [5.41, 5.74) is 5.36. The average Bonchev–Trinajstić information content (AvgIpc) is 2.53. The molecule has 0 aromatic carbocycles. The van der Waals surface area contributed by atoms with Crippen molar-refractivity contribution in [2.75, 3.05) is 6.54 Å². The normalized spacial score (nSPS) is 28.7. The van der Waals surface area contributed by atoms with Gasteiger partial charge >= 0.3 is 0 Å². The highest BCUT2D eigenvalue weighted by Gasteiger charge is 2.37. The summed E-state index contributed by atoms with van der Waals surface area (Å²) >= 11 is 1.34. The van der Waals surface area contributed by atoms with Crippen LogP contribution in [-0.2, 0) is 14.4 Å². The molecule has 130 valence electrons. The van der Waals surface area contributed by atoms with Crippen LogP contribution in [-0.4, -0.2) is 39.7 Å². The number of carbonyl (C=O) groups is 3. The molecule has 2 amide bonds. The van der Waals surface area contributed by atoms with E-state index in [-0.39, 0.29) is 40.1 Å². The number of primary amides is 1. The minimum absolute atomic E-state index is 0.0527. The molecule has 1 unspecified atom stereocenters. The molecule has 2 fully saturated rings. The van der Waals surface area contributed by atoms with Gasteiger partial charge in [-0.3, -0.25) is 14.4 Å². The zero-order chi connectivity index (χ0) is 17.0. The van der Waals surface area contributed by atoms with Crippen LogP contribution in [0, 0.1) is 11.8 Å². The molecule has 2 N–H and O–H groups in total. The molecule has 1 atom stereocenters. The first-order valence-corrected chi connectivity index (χ1v) is 9.58. The van der Waals surface area contributed by atoms with Crippen LogP contribution >= 0.6 is 11.8 Å². The van der Waals surface area contributed by atoms with Crippen LogP contribution in [0.2, 0.25) is 0 Å². The summed E-state index contributed by atoms with van der Waals surface area (Å²) in [6.07, 6.45) is 5.56. The van der Waals surface area contributed by atoms with Crippen LogP contribution < -0.4 is 5.73 Å². The fourth-order valence-corrected chi connectivity index (χ4v) is 4.48. The second kappa shape index (κ2) is 8.18. The van der Waals surface area contributed by atoms with Gasteiger partial charge in [0.05, 0.1) is 0 Å². The van der Waals surface area contributed by atoms with Gasteiger partial charge in [0.15, 0.2) is 0 Å². The van der Waals surface area contributed by atoms with Crippen LogP contribution in [0.5, 0.6) is 0 Å². The van der Waals surface area contributed by atoms with E-state index in [0.29, 0.717) is 32.2 Å². The number of thioether (sulfide) groups is 1. The highest BCUT2D eigenvalue weighted by Crippen LogP contribution is 2.32. The number of rotatable bonds is 4. The molecule has 1 aliphatic heterocycles. The Balaban J connectivity index is 1.98. The molecule has 0 aromatic rings. The minimum atomic E-state index is -0.266. The van der Waals surface area contributed by atoms with Gasteiger partial charge in [0.25, 0.3) is 0 Å². The number of nitrogens with zero attached hydrogens (tertiary/aromatic N) is 1. The quantitative estimate of drug-likeness (QED) is 0.852. The molecule has 1 heterocycles. The molecule has 0 radical (unpaired) electrons. The fraction of sp³-hybridized carbons (Fsp3) is 0.824. The number of nitrogens with two attached hydrogens (primary N) is 1. The number of hydrogen-bond donors (Lipinski definition) is 1. The van der Waals surface area contributed by atoms with Gasteiger partial charge in [-0.15, -0.1) is 0 Å². The highest BCUT2D eigenvalue weighted by molar-refractivity contribution is 8.14. The van der Waals surface area contributed by atoms with Crippen molar-refractivity contribution in [3.63, 3.8) is 0 Å². The number of carbonyl (C=O) groups excluding carboxylic acids is 3. The molecule has 1 saturated carbocycles. The van der Waals surface area contributed by atoms with Gasteiger partial charge in [-0.2, -0.15) is 0 Å². The van der Waals surface area contributed by atoms with E-state index in [1.54, 1.807) is 0 Å². The first kappa shape index (κ1) is 18.3. The monoisotopic (exact) mass is 340 g/mol. The molecule has 2 rings (SSSR count). The molecule has 23 heavy (non-hydrogen) atoms. The molecule has 0 spiro atoms. The maximum atomic E-state index is 12.9. The van der Waals surface area contributed by atoms with Crippen LogP contribution in [0.25, 0.3) is 0 Å². The van der Waals surface area contributed by atoms with Gasteiger partial charge in [-0.25, -0.2) is 0 Å². The van der Waals surface area contributed by atoms with E-state index in [9.17, 15) is 14.4 Å². The molecule has 1 saturated heterocycles. The van der Waals surface area contributed by atoms with Gasteiger partial charge in [0.1, 0.15) is 6.04 Å². The standard InChI is InChI=1S/C17H28N2O3S/c1-11(2)23-17(22)14-5-3-4-10-19(14)16(21)13-8-6-12(7-9-13)15(18)20/h11-14H,3-10H2,1-2H3,(H2,18,20). The fourth-order valence-electron chi connectivity index (χ4n) is 3.61. The maximum absolute atomic E-state index is 12.9. The molecule has 6 heteroatoms. The molecule has 0 bridgehead atoms. The lowest BCUT2D eigenvalue weighted by molar-refractivity contribution is -0.144. The zero-order valence-corrected chi connectivity index (χ0v) is 14.9. The van der Waals surface area contributed by atoms with Crippen molar-refractivity contribution in [1.82, 2.24) is 4.90 Å². The third kappa shape index (κ3) is 4.72. The summed E-state index contributed by atoms with van der Waals surface area (Å²) in [6, 6.07) is -0.266. The van der Waals surface area contributed by atoms with Gasteiger partial charge in [-0.1, -0.05) is 25.6 Å². The molecule has 1 aliphatic carbocycles. The smallest absolute Gasteiger partial charge is 0.226 e. The first-order valence-electron chi connectivity index (χ1n) is 8.70. The van der Waals surface area contributed by atoms with Crippen molar-refractivity contribution in [2.45, 2.75) is 70.1 Å². The van der Waals surface area contributed by atoms with E-state index in [0.717, 1.165) is 19.3 Å². The van der Waals surface area contributed by atoms with Crippen LogP contribution in [0.15, 0.2) is 0 Å². The Morgan fingerprint density at radius 3 is 2.17 bits per heavy atom. The van der Waals surface area contributed by atoms with Gasteiger partial charge in [-0.05, 0) is 44.9 Å². The second-order valence-corrected chi connectivity index (χ2v) is 8.56. The Morgan fingerprint density at radius 1 is 1.00 bits per heavy atom. The van der Waals surface area contributed by atoms with Gasteiger partial charge in [0.2, 0.25) is 16.9 Å². The minimum Gasteiger partial charge on any atom is -0.369 e. The molecular formula is C17H28N2O3S. The van der Waals surface area contributed by atoms with Gasteiger partial charge < -0.3 is 10.6 Å². The summed E-state index contributed by atoms with van der Waals surface area (Å²) in [6.45, 7) is 4.69. The SMILES string of the molecule is CC(C)SC(=O)C1CCCCN1C(=O)C1CCC(C(N)=O)CC1. The Kier molecular flexibility index (Phi) is 6.50. The van der Waals surface area contributed by atoms with Crippen LogP contribution in [0.1, 0.15) is 58.8 Å². The van der Waals surface area contributed by atoms with E-state index in [1.165, 1.54) is 11.8 Å². The van der Waals surface area contributed by atoms with E-state index in [2.05, 4.69) is 0 Å². The van der Waals surface area contributed by atoms with Crippen molar-refractivity contribution < 1.29 is 14.4 Å². The van der Waals surface area contributed by atoms with Crippen LogP contribution in [0.4, 0.5) is 0 Å². The van der Waals surface area contributed by atoms with Crippen molar-refractivity contribution in [3.8, 4) is 0 Å². The van der Waals surface area contributed by atoms with E-state index < -0.39 is 0 Å². The Morgan fingerprint density at radius 2 is 1.61 bits per heavy atom. The van der Waals surface area contributed by atoms with E-state index in [1.807, 2.05) is 18.7 Å². The molecule has 0 aromatic heterocycles. The number of likely N-dealkylation sites (tertiary alicyclic amines) is 1. The first-order chi connectivity index (χ1) is 10.9. The van der Waals surface area contributed by atoms with E-state index in [4.69, 9.17) is 5.73 Å². The third-order valence-electron chi connectivity index (χ3n) is 4.89. The maximum Gasteiger partial charge on any atom is 0.226 e. The predicted octanol–water partition coefficient (Wildman–Crippen LogP) is 2.33. The van der Waals surface area contributed by atoms with Crippen LogP contribution in [0.3, 0.4) is 0 Å². The lowest BCUT2D eigenvalue weighted by Gasteiger charge is -2.38. The van der Waals surface area contributed by atoms with Crippen molar-refractivity contribution in [1.29, 1.82) is 0 Å². The van der Waals surface area contributed by atoms with E-state index >= 15 is 0 Å². The zero-order valence-electron chi connectivity index (χ0n) is 14.1. The predicted molar refractivity (Wildman–Crippen MR) is 91.7 cm³/mol. The number of hydrogen-bond acceptors (Lipinski definition) is 4. The lowest BCUT2D eigenvalue weighted by Crippen LogP contribution is -2.50. The van der Waals surface area contributed by atoms with Crippen molar-refractivity contribution in [3.05, 3.63) is 0 Å². The molecule has 2 aliphatic rings. The summed E-state index contributed by atoms with van der Waals surface area (Å²) in [5, 5.41) is 0.367. The Hall–Kier alpha value is -1.04. The average molecular weight is 340 g/mol. The summed E-state index contributed by atoms with van der Waals surface area (Å²) in [4.78, 5) is 38.4. The summed E-state index contributed by atoms with van der Waals surface area (Å²) < 4.78 is 0. The van der Waals surface area contributed by atoms with Gasteiger partial charge in [0, 0.05) is 23.6 Å². The molecular weight excluding hydrogens is 312 g/mol. The van der Waals surface area contributed by atoms with Crippen molar-refractivity contribution >= 4 is 28.7 Å². The lowest BCUT2D eigenvalue weighted by atomic mass is 9.80. The second-order valence-electron chi connectivity index (χ2n) is 6.98. The largest absolute Gasteiger partial charge is 0.369 e. The Bertz CT molecular complexity index is 459. The Labute approximate surface area is 142 Å². The number of piperidine rings is 1. The topological polar surface area (TPSA) is 80.5 Å². The third-order valence-corrected chi connectivity index (χ3v) is 5.86.